The van der Waals surface area contributed by atoms with Gasteiger partial charge in [0.1, 0.15) is 0 Å². The predicted octanol–water partition coefficient (Wildman–Crippen LogP) is 2.84. The number of hydrogen-bond donors (Lipinski definition) is 2. The van der Waals surface area contributed by atoms with Crippen LogP contribution in [0.4, 0.5) is 4.79 Å². The maximum absolute atomic E-state index is 11.6. The molecule has 0 bridgehead atoms. The van der Waals surface area contributed by atoms with Crippen LogP contribution in [0.1, 0.15) is 11.1 Å². The summed E-state index contributed by atoms with van der Waals surface area (Å²) in [7, 11) is 0. The van der Waals surface area contributed by atoms with Crippen LogP contribution in [0.15, 0.2) is 53.3 Å². The Balaban J connectivity index is 1.74. The van der Waals surface area contributed by atoms with E-state index in [0.717, 1.165) is 15.6 Å². The third-order valence-electron chi connectivity index (χ3n) is 2.57. The van der Waals surface area contributed by atoms with Gasteiger partial charge in [0.25, 0.3) is 0 Å². The van der Waals surface area contributed by atoms with Gasteiger partial charge in [0.05, 0.1) is 0 Å². The van der Waals surface area contributed by atoms with Gasteiger partial charge in [-0.05, 0) is 35.4 Å². The molecule has 19 heavy (non-hydrogen) atoms. The number of carbonyl (C=O) groups is 1. The second kappa shape index (κ2) is 6.89. The first-order chi connectivity index (χ1) is 9.24. The van der Waals surface area contributed by atoms with Gasteiger partial charge in [0.15, 0.2) is 0 Å². The van der Waals surface area contributed by atoms with Gasteiger partial charge in [-0.25, -0.2) is 4.79 Å². The molecule has 2 amide bonds. The molecule has 0 aliphatic carbocycles. The van der Waals surface area contributed by atoms with Crippen LogP contribution in [0.2, 0.25) is 0 Å². The van der Waals surface area contributed by atoms with Crippen molar-refractivity contribution in [3.05, 3.63) is 64.4 Å². The fourth-order valence-electron chi connectivity index (χ4n) is 1.53. The third kappa shape index (κ3) is 4.71. The van der Waals surface area contributed by atoms with Crippen molar-refractivity contribution in [2.24, 2.45) is 0 Å². The normalized spacial score (nSPS) is 9.95. The minimum Gasteiger partial charge on any atom is -0.334 e. The molecular weight excluding hydrogens is 306 g/mol. The average molecular weight is 320 g/mol. The lowest BCUT2D eigenvalue weighted by Crippen LogP contribution is -2.34. The summed E-state index contributed by atoms with van der Waals surface area (Å²) in [6, 6.07) is 11.4. The lowest BCUT2D eigenvalue weighted by Gasteiger charge is -2.07. The molecule has 0 saturated carbocycles. The van der Waals surface area contributed by atoms with E-state index in [0.29, 0.717) is 13.1 Å². The second-order valence-corrected chi connectivity index (χ2v) is 4.93. The minimum atomic E-state index is -0.181. The topological polar surface area (TPSA) is 54.0 Å². The molecule has 2 aromatic rings. The highest BCUT2D eigenvalue weighted by Gasteiger charge is 2.00. The van der Waals surface area contributed by atoms with Crippen molar-refractivity contribution in [2.45, 2.75) is 13.1 Å². The fourth-order valence-corrected chi connectivity index (χ4v) is 1.79. The van der Waals surface area contributed by atoms with E-state index < -0.39 is 0 Å². The van der Waals surface area contributed by atoms with Crippen molar-refractivity contribution in [3.63, 3.8) is 0 Å². The monoisotopic (exact) mass is 319 g/mol. The van der Waals surface area contributed by atoms with E-state index in [9.17, 15) is 4.79 Å². The standard InChI is InChI=1S/C14H14BrN3O/c15-13-3-1-11(2-4-13)9-17-14(19)18-10-12-5-7-16-8-6-12/h1-8H,9-10H2,(H2,17,18,19). The van der Waals surface area contributed by atoms with Crippen LogP contribution in [-0.4, -0.2) is 11.0 Å². The lowest BCUT2D eigenvalue weighted by atomic mass is 10.2. The Kier molecular flexibility index (Phi) is 4.92. The first-order valence-corrected chi connectivity index (χ1v) is 6.68. The third-order valence-corrected chi connectivity index (χ3v) is 3.10. The van der Waals surface area contributed by atoms with Gasteiger partial charge >= 0.3 is 6.03 Å². The van der Waals surface area contributed by atoms with E-state index in [1.165, 1.54) is 0 Å². The smallest absolute Gasteiger partial charge is 0.315 e. The number of nitrogens with zero attached hydrogens (tertiary/aromatic N) is 1. The maximum atomic E-state index is 11.6. The van der Waals surface area contributed by atoms with Crippen LogP contribution in [0.3, 0.4) is 0 Å². The number of amides is 2. The highest BCUT2D eigenvalue weighted by molar-refractivity contribution is 9.10. The number of nitrogens with one attached hydrogen (secondary N) is 2. The quantitative estimate of drug-likeness (QED) is 0.910. The van der Waals surface area contributed by atoms with E-state index >= 15 is 0 Å². The van der Waals surface area contributed by atoms with Crippen molar-refractivity contribution in [2.75, 3.05) is 0 Å². The van der Waals surface area contributed by atoms with Crippen LogP contribution in [0.25, 0.3) is 0 Å². The van der Waals surface area contributed by atoms with Gasteiger partial charge < -0.3 is 10.6 Å². The molecule has 0 saturated heterocycles. The summed E-state index contributed by atoms with van der Waals surface area (Å²) >= 11 is 3.37. The highest BCUT2D eigenvalue weighted by Crippen LogP contribution is 2.10. The van der Waals surface area contributed by atoms with Gasteiger partial charge in [-0.1, -0.05) is 28.1 Å². The van der Waals surface area contributed by atoms with Crippen molar-refractivity contribution in [3.8, 4) is 0 Å². The van der Waals surface area contributed by atoms with E-state index in [2.05, 4.69) is 31.5 Å². The number of benzene rings is 1. The van der Waals surface area contributed by atoms with Crippen molar-refractivity contribution >= 4 is 22.0 Å². The molecule has 4 nitrogen and oxygen atoms in total. The maximum Gasteiger partial charge on any atom is 0.315 e. The molecule has 0 aliphatic heterocycles. The summed E-state index contributed by atoms with van der Waals surface area (Å²) in [5.74, 6) is 0. The zero-order valence-electron chi connectivity index (χ0n) is 10.3. The van der Waals surface area contributed by atoms with Gasteiger partial charge in [0, 0.05) is 30.0 Å². The summed E-state index contributed by atoms with van der Waals surface area (Å²) in [6.45, 7) is 1.00. The highest BCUT2D eigenvalue weighted by atomic mass is 79.9. The number of carbonyl (C=O) groups excluding carboxylic acids is 1. The molecule has 0 aliphatic rings. The Morgan fingerprint density at radius 3 is 2.05 bits per heavy atom. The van der Waals surface area contributed by atoms with E-state index in [4.69, 9.17) is 0 Å². The molecule has 1 heterocycles. The van der Waals surface area contributed by atoms with Crippen molar-refractivity contribution in [1.29, 1.82) is 0 Å². The largest absolute Gasteiger partial charge is 0.334 e. The summed E-state index contributed by atoms with van der Waals surface area (Å²) in [5, 5.41) is 5.60. The van der Waals surface area contributed by atoms with Crippen LogP contribution in [0, 0.1) is 0 Å². The average Bonchev–Trinajstić information content (AvgIpc) is 2.45. The zero-order chi connectivity index (χ0) is 13.5. The van der Waals surface area contributed by atoms with Crippen molar-refractivity contribution in [1.82, 2.24) is 15.6 Å². The molecule has 0 fully saturated rings. The van der Waals surface area contributed by atoms with E-state index in [-0.39, 0.29) is 6.03 Å². The number of aromatic nitrogens is 1. The van der Waals surface area contributed by atoms with Gasteiger partial charge in [0.2, 0.25) is 0 Å². The Morgan fingerprint density at radius 2 is 1.47 bits per heavy atom. The fraction of sp³-hybridized carbons (Fsp3) is 0.143. The molecule has 5 heteroatoms. The van der Waals surface area contributed by atoms with Crippen LogP contribution < -0.4 is 10.6 Å². The van der Waals surface area contributed by atoms with Crippen LogP contribution >= 0.6 is 15.9 Å². The second-order valence-electron chi connectivity index (χ2n) is 4.02. The molecule has 2 rings (SSSR count). The molecule has 0 unspecified atom stereocenters. The summed E-state index contributed by atoms with van der Waals surface area (Å²) in [6.07, 6.45) is 3.41. The number of urea groups is 1. The van der Waals surface area contributed by atoms with Crippen LogP contribution in [-0.2, 0) is 13.1 Å². The van der Waals surface area contributed by atoms with Gasteiger partial charge in [-0.2, -0.15) is 0 Å². The SMILES string of the molecule is O=C(NCc1ccncc1)NCc1ccc(Br)cc1. The van der Waals surface area contributed by atoms with E-state index in [1.54, 1.807) is 12.4 Å². The number of halogens is 1. The lowest BCUT2D eigenvalue weighted by molar-refractivity contribution is 0.240. The Labute approximate surface area is 120 Å². The van der Waals surface area contributed by atoms with Gasteiger partial charge in [-0.15, -0.1) is 0 Å². The predicted molar refractivity (Wildman–Crippen MR) is 77.5 cm³/mol. The molecule has 0 radical (unpaired) electrons. The molecule has 98 valence electrons. The summed E-state index contributed by atoms with van der Waals surface area (Å²) in [4.78, 5) is 15.5. The number of rotatable bonds is 4. The molecule has 2 N–H and O–H groups in total. The molecule has 1 aromatic carbocycles. The minimum absolute atomic E-state index is 0.181. The summed E-state index contributed by atoms with van der Waals surface area (Å²) < 4.78 is 1.03. The number of hydrogen-bond acceptors (Lipinski definition) is 2. The molecule has 0 spiro atoms. The summed E-state index contributed by atoms with van der Waals surface area (Å²) in [5.41, 5.74) is 2.08. The van der Waals surface area contributed by atoms with Crippen molar-refractivity contribution < 1.29 is 4.79 Å². The number of pyridine rings is 1. The zero-order valence-corrected chi connectivity index (χ0v) is 11.9. The Bertz CT molecular complexity index is 528. The van der Waals surface area contributed by atoms with E-state index in [1.807, 2.05) is 36.4 Å². The Hall–Kier alpha value is -1.88. The van der Waals surface area contributed by atoms with Crippen LogP contribution in [0.5, 0.6) is 0 Å². The first kappa shape index (κ1) is 13.5. The van der Waals surface area contributed by atoms with Gasteiger partial charge in [-0.3, -0.25) is 4.98 Å². The molecule has 0 atom stereocenters. The first-order valence-electron chi connectivity index (χ1n) is 5.89. The molecule has 1 aromatic heterocycles. The Morgan fingerprint density at radius 1 is 0.947 bits per heavy atom. The molecular formula is C14H14BrN3O.